The predicted molar refractivity (Wildman–Crippen MR) is 71.8 cm³/mol. The minimum Gasteiger partial charge on any atom is -0.496 e. The predicted octanol–water partition coefficient (Wildman–Crippen LogP) is 0.233. The second-order valence-electron chi connectivity index (χ2n) is 4.03. The molecule has 1 unspecified atom stereocenters. The van der Waals surface area contributed by atoms with E-state index in [9.17, 15) is 18.0 Å². The van der Waals surface area contributed by atoms with E-state index < -0.39 is 28.0 Å². The molecule has 1 rings (SSSR count). The van der Waals surface area contributed by atoms with Gasteiger partial charge in [-0.05, 0) is 25.1 Å². The number of ether oxygens (including phenoxy) is 2. The van der Waals surface area contributed by atoms with Crippen LogP contribution in [0.15, 0.2) is 23.1 Å². The molecule has 0 saturated carbocycles. The number of esters is 1. The Balaban J connectivity index is 3.25. The topological polar surface area (TPSA) is 119 Å². The molecule has 0 bridgehead atoms. The summed E-state index contributed by atoms with van der Waals surface area (Å²) in [7, 11) is -1.62. The number of carboxylic acids is 1. The van der Waals surface area contributed by atoms with Crippen LogP contribution in [0.25, 0.3) is 0 Å². The average molecular weight is 317 g/mol. The number of hydrogen-bond donors (Lipinski definition) is 2. The quantitative estimate of drug-likeness (QED) is 0.721. The fourth-order valence-corrected chi connectivity index (χ4v) is 2.70. The van der Waals surface area contributed by atoms with E-state index in [1.165, 1.54) is 26.2 Å². The summed E-state index contributed by atoms with van der Waals surface area (Å²) in [6.45, 7) is 1.19. The van der Waals surface area contributed by atoms with Crippen molar-refractivity contribution < 1.29 is 32.6 Å². The van der Waals surface area contributed by atoms with Gasteiger partial charge in [-0.3, -0.25) is 4.79 Å². The van der Waals surface area contributed by atoms with Crippen LogP contribution in [0.1, 0.15) is 17.3 Å². The van der Waals surface area contributed by atoms with E-state index in [1.54, 1.807) is 0 Å². The first-order valence-electron chi connectivity index (χ1n) is 5.74. The SMILES string of the molecule is COC(=O)c1cc(S(=O)(=O)NC(C)C(=O)O)ccc1OC. The molecule has 1 atom stereocenters. The minimum atomic E-state index is -4.09. The van der Waals surface area contributed by atoms with Gasteiger partial charge in [-0.25, -0.2) is 13.2 Å². The molecular weight excluding hydrogens is 302 g/mol. The Bertz CT molecular complexity index is 654. The summed E-state index contributed by atoms with van der Waals surface area (Å²) in [6, 6.07) is 2.23. The largest absolute Gasteiger partial charge is 0.496 e. The maximum Gasteiger partial charge on any atom is 0.341 e. The van der Waals surface area contributed by atoms with Crippen LogP contribution >= 0.6 is 0 Å². The molecule has 0 aromatic heterocycles. The maximum absolute atomic E-state index is 12.0. The zero-order valence-electron chi connectivity index (χ0n) is 11.6. The van der Waals surface area contributed by atoms with E-state index in [0.717, 1.165) is 13.2 Å². The molecule has 2 N–H and O–H groups in total. The van der Waals surface area contributed by atoms with Gasteiger partial charge in [-0.15, -0.1) is 0 Å². The molecule has 0 amide bonds. The Labute approximate surface area is 121 Å². The minimum absolute atomic E-state index is 0.0779. The molecule has 0 fully saturated rings. The van der Waals surface area contributed by atoms with E-state index >= 15 is 0 Å². The van der Waals surface area contributed by atoms with Gasteiger partial charge in [0.1, 0.15) is 17.4 Å². The van der Waals surface area contributed by atoms with Crippen LogP contribution in [0, 0.1) is 0 Å². The number of carbonyl (C=O) groups excluding carboxylic acids is 1. The average Bonchev–Trinajstić information content (AvgIpc) is 2.45. The third-order valence-corrected chi connectivity index (χ3v) is 4.13. The van der Waals surface area contributed by atoms with Crippen LogP contribution in [-0.4, -0.2) is 45.7 Å². The molecule has 21 heavy (non-hydrogen) atoms. The summed E-state index contributed by atoms with van der Waals surface area (Å²) in [5, 5.41) is 8.73. The van der Waals surface area contributed by atoms with Crippen LogP contribution in [0.2, 0.25) is 0 Å². The first-order chi connectivity index (χ1) is 9.72. The van der Waals surface area contributed by atoms with Gasteiger partial charge in [0.25, 0.3) is 0 Å². The monoisotopic (exact) mass is 317 g/mol. The van der Waals surface area contributed by atoms with Gasteiger partial charge in [0.05, 0.1) is 19.1 Å². The van der Waals surface area contributed by atoms with Crippen molar-refractivity contribution in [2.45, 2.75) is 17.9 Å². The standard InChI is InChI=1S/C12H15NO7S/c1-7(11(14)15)13-21(17,18)8-4-5-10(19-2)9(6-8)12(16)20-3/h4-7,13H,1-3H3,(H,14,15). The summed E-state index contributed by atoms with van der Waals surface area (Å²) < 4.78 is 35.5. The van der Waals surface area contributed by atoms with Crippen LogP contribution in [0.5, 0.6) is 5.75 Å². The fourth-order valence-electron chi connectivity index (χ4n) is 1.47. The Morgan fingerprint density at radius 1 is 1.29 bits per heavy atom. The zero-order valence-corrected chi connectivity index (χ0v) is 12.4. The molecule has 0 aliphatic rings. The summed E-state index contributed by atoms with van der Waals surface area (Å²) in [6.07, 6.45) is 0. The van der Waals surface area contributed by atoms with Crippen LogP contribution < -0.4 is 9.46 Å². The first-order valence-corrected chi connectivity index (χ1v) is 7.22. The highest BCUT2D eigenvalue weighted by Gasteiger charge is 2.24. The third-order valence-electron chi connectivity index (χ3n) is 2.59. The van der Waals surface area contributed by atoms with Crippen molar-refractivity contribution in [3.05, 3.63) is 23.8 Å². The summed E-state index contributed by atoms with van der Waals surface area (Å²) >= 11 is 0. The van der Waals surface area contributed by atoms with Crippen molar-refractivity contribution in [2.75, 3.05) is 14.2 Å². The first kappa shape index (κ1) is 16.9. The van der Waals surface area contributed by atoms with Crippen molar-refractivity contribution in [3.8, 4) is 5.75 Å². The lowest BCUT2D eigenvalue weighted by Gasteiger charge is -2.12. The van der Waals surface area contributed by atoms with Gasteiger partial charge in [0.15, 0.2) is 0 Å². The Morgan fingerprint density at radius 2 is 1.90 bits per heavy atom. The number of carboxylic acid groups (broad SMARTS) is 1. The highest BCUT2D eigenvalue weighted by atomic mass is 32.2. The van der Waals surface area contributed by atoms with Crippen LogP contribution in [-0.2, 0) is 19.6 Å². The number of benzene rings is 1. The molecule has 0 radical (unpaired) electrons. The molecule has 0 saturated heterocycles. The van der Waals surface area contributed by atoms with Crippen LogP contribution in [0.4, 0.5) is 0 Å². The number of rotatable bonds is 6. The number of hydrogen-bond acceptors (Lipinski definition) is 6. The van der Waals surface area contributed by atoms with Gasteiger partial charge in [0.2, 0.25) is 10.0 Å². The van der Waals surface area contributed by atoms with Crippen molar-refractivity contribution in [2.24, 2.45) is 0 Å². The number of sulfonamides is 1. The summed E-state index contributed by atoms with van der Waals surface area (Å²) in [4.78, 5) is 22.0. The van der Waals surface area contributed by atoms with Crippen molar-refractivity contribution in [3.63, 3.8) is 0 Å². The highest BCUT2D eigenvalue weighted by molar-refractivity contribution is 7.89. The molecule has 116 valence electrons. The fraction of sp³-hybridized carbons (Fsp3) is 0.333. The van der Waals surface area contributed by atoms with Crippen LogP contribution in [0.3, 0.4) is 0 Å². The molecule has 0 aliphatic heterocycles. The number of aliphatic carboxylic acids is 1. The van der Waals surface area contributed by atoms with Gasteiger partial charge < -0.3 is 14.6 Å². The third kappa shape index (κ3) is 3.92. The maximum atomic E-state index is 12.0. The van der Waals surface area contributed by atoms with E-state index in [0.29, 0.717) is 0 Å². The highest BCUT2D eigenvalue weighted by Crippen LogP contribution is 2.23. The second-order valence-corrected chi connectivity index (χ2v) is 5.75. The zero-order chi connectivity index (χ0) is 16.2. The van der Waals surface area contributed by atoms with Crippen molar-refractivity contribution >= 4 is 22.0 Å². The van der Waals surface area contributed by atoms with Gasteiger partial charge >= 0.3 is 11.9 Å². The molecule has 0 aliphatic carbocycles. The molecule has 0 heterocycles. The molecular formula is C12H15NO7S. The number of methoxy groups -OCH3 is 2. The Kier molecular flexibility index (Phi) is 5.28. The number of nitrogens with one attached hydrogen (secondary N) is 1. The normalized spacial score (nSPS) is 12.5. The van der Waals surface area contributed by atoms with E-state index in [2.05, 4.69) is 4.74 Å². The molecule has 1 aromatic carbocycles. The number of carbonyl (C=O) groups is 2. The molecule has 9 heteroatoms. The van der Waals surface area contributed by atoms with E-state index in [1.807, 2.05) is 4.72 Å². The molecule has 1 aromatic rings. The lowest BCUT2D eigenvalue weighted by Crippen LogP contribution is -2.38. The van der Waals surface area contributed by atoms with E-state index in [4.69, 9.17) is 9.84 Å². The summed E-state index contributed by atoms with van der Waals surface area (Å²) in [5.74, 6) is -1.94. The summed E-state index contributed by atoms with van der Waals surface area (Å²) in [5.41, 5.74) is -0.0779. The van der Waals surface area contributed by atoms with Gasteiger partial charge in [-0.2, -0.15) is 4.72 Å². The lowest BCUT2D eigenvalue weighted by molar-refractivity contribution is -0.138. The molecule has 0 spiro atoms. The van der Waals surface area contributed by atoms with Crippen molar-refractivity contribution in [1.82, 2.24) is 4.72 Å². The van der Waals surface area contributed by atoms with Crippen molar-refractivity contribution in [1.29, 1.82) is 0 Å². The Hall–Kier alpha value is -2.13. The van der Waals surface area contributed by atoms with Gasteiger partial charge in [-0.1, -0.05) is 0 Å². The van der Waals surface area contributed by atoms with E-state index in [-0.39, 0.29) is 16.2 Å². The Morgan fingerprint density at radius 3 is 2.38 bits per heavy atom. The second kappa shape index (κ2) is 6.55. The van der Waals surface area contributed by atoms with Gasteiger partial charge in [0, 0.05) is 0 Å². The molecule has 8 nitrogen and oxygen atoms in total. The smallest absolute Gasteiger partial charge is 0.341 e. The lowest BCUT2D eigenvalue weighted by atomic mass is 10.2.